The van der Waals surface area contributed by atoms with Crippen molar-refractivity contribution in [1.82, 2.24) is 15.5 Å². The Morgan fingerprint density at radius 1 is 1.67 bits per heavy atom. The second kappa shape index (κ2) is 6.05. The summed E-state index contributed by atoms with van der Waals surface area (Å²) in [5.41, 5.74) is 0.402. The van der Waals surface area contributed by atoms with Gasteiger partial charge in [-0.2, -0.15) is 10.2 Å². The molecule has 0 aliphatic rings. The Hall–Kier alpha value is -1.53. The number of methoxy groups -OCH3 is 1. The maximum Gasteiger partial charge on any atom is 0.253 e. The number of rotatable bonds is 5. The molecule has 0 saturated heterocycles. The summed E-state index contributed by atoms with van der Waals surface area (Å²) in [5, 5.41) is 18.7. The first-order chi connectivity index (χ1) is 7.27. The maximum atomic E-state index is 11.5. The first-order valence-corrected chi connectivity index (χ1v) is 4.45. The molecule has 1 unspecified atom stereocenters. The Kier molecular flexibility index (Phi) is 4.65. The number of amides is 1. The number of nitrogens with one attached hydrogen (secondary N) is 1. The van der Waals surface area contributed by atoms with Crippen LogP contribution in [0.25, 0.3) is 0 Å². The van der Waals surface area contributed by atoms with Crippen molar-refractivity contribution < 1.29 is 14.6 Å². The van der Waals surface area contributed by atoms with E-state index in [1.165, 1.54) is 19.5 Å². The monoisotopic (exact) mass is 211 g/mol. The van der Waals surface area contributed by atoms with Crippen LogP contribution in [0.5, 0.6) is 0 Å². The zero-order valence-electron chi connectivity index (χ0n) is 8.38. The highest BCUT2D eigenvalue weighted by molar-refractivity contribution is 5.93. The number of carbonyl (C=O) groups is 1. The molecule has 1 atom stereocenters. The second-order valence-electron chi connectivity index (χ2n) is 2.94. The zero-order chi connectivity index (χ0) is 11.1. The van der Waals surface area contributed by atoms with E-state index in [0.717, 1.165) is 0 Å². The number of aliphatic hydroxyl groups excluding tert-OH is 1. The summed E-state index contributed by atoms with van der Waals surface area (Å²) in [6, 6.07) is 1.14. The summed E-state index contributed by atoms with van der Waals surface area (Å²) in [5.74, 6) is -0.305. The van der Waals surface area contributed by atoms with Crippen LogP contribution in [0.2, 0.25) is 0 Å². The van der Waals surface area contributed by atoms with Gasteiger partial charge in [0.2, 0.25) is 0 Å². The molecule has 0 saturated carbocycles. The lowest BCUT2D eigenvalue weighted by Gasteiger charge is -2.14. The molecule has 0 aliphatic heterocycles. The fraction of sp³-hybridized carbons (Fsp3) is 0.444. The van der Waals surface area contributed by atoms with E-state index in [-0.39, 0.29) is 19.1 Å². The first kappa shape index (κ1) is 11.5. The van der Waals surface area contributed by atoms with Gasteiger partial charge in [0.05, 0.1) is 37.2 Å². The van der Waals surface area contributed by atoms with Gasteiger partial charge in [0.15, 0.2) is 0 Å². The number of aromatic nitrogens is 2. The molecule has 2 N–H and O–H groups in total. The van der Waals surface area contributed by atoms with Crippen molar-refractivity contribution in [2.45, 2.75) is 6.04 Å². The summed E-state index contributed by atoms with van der Waals surface area (Å²) >= 11 is 0. The molecule has 6 nitrogen and oxygen atoms in total. The molecule has 1 aromatic heterocycles. The number of carbonyl (C=O) groups excluding carboxylic acids is 1. The Bertz CT molecular complexity index is 305. The topological polar surface area (TPSA) is 84.3 Å². The molecule has 15 heavy (non-hydrogen) atoms. The number of aliphatic hydroxyl groups is 1. The third-order valence-electron chi connectivity index (χ3n) is 1.77. The van der Waals surface area contributed by atoms with Crippen molar-refractivity contribution in [2.75, 3.05) is 20.3 Å². The second-order valence-corrected chi connectivity index (χ2v) is 2.94. The summed E-state index contributed by atoms with van der Waals surface area (Å²) in [7, 11) is 1.50. The minimum atomic E-state index is -0.407. The molecule has 0 bridgehead atoms. The van der Waals surface area contributed by atoms with Gasteiger partial charge < -0.3 is 15.2 Å². The Morgan fingerprint density at radius 3 is 3.00 bits per heavy atom. The molecule has 6 heteroatoms. The fourth-order valence-electron chi connectivity index (χ4n) is 1.03. The number of hydrogen-bond donors (Lipinski definition) is 2. The van der Waals surface area contributed by atoms with Crippen LogP contribution in [0, 0.1) is 0 Å². The molecule has 0 spiro atoms. The predicted octanol–water partition coefficient (Wildman–Crippen LogP) is -0.786. The summed E-state index contributed by atoms with van der Waals surface area (Å²) in [6.45, 7) is 0.0961. The SMILES string of the molecule is COCC(CO)NC(=O)c1ccnnc1. The third-order valence-corrected chi connectivity index (χ3v) is 1.77. The van der Waals surface area contributed by atoms with Crippen molar-refractivity contribution in [3.8, 4) is 0 Å². The van der Waals surface area contributed by atoms with Crippen molar-refractivity contribution >= 4 is 5.91 Å². The van der Waals surface area contributed by atoms with Crippen molar-refractivity contribution in [3.05, 3.63) is 24.0 Å². The van der Waals surface area contributed by atoms with Crippen LogP contribution >= 0.6 is 0 Å². The third kappa shape index (κ3) is 3.61. The standard InChI is InChI=1S/C9H13N3O3/c1-15-6-8(5-13)12-9(14)7-2-3-10-11-4-7/h2-4,8,13H,5-6H2,1H3,(H,12,14). The minimum absolute atomic E-state index is 0.169. The molecule has 82 valence electrons. The molecular formula is C9H13N3O3. The van der Waals surface area contributed by atoms with E-state index in [2.05, 4.69) is 15.5 Å². The van der Waals surface area contributed by atoms with E-state index in [1.54, 1.807) is 6.07 Å². The molecule has 0 fully saturated rings. The smallest absolute Gasteiger partial charge is 0.253 e. The van der Waals surface area contributed by atoms with Crippen LogP contribution in [0.4, 0.5) is 0 Å². The minimum Gasteiger partial charge on any atom is -0.394 e. The summed E-state index contributed by atoms with van der Waals surface area (Å²) in [6.07, 6.45) is 2.79. The fourth-order valence-corrected chi connectivity index (χ4v) is 1.03. The van der Waals surface area contributed by atoms with Crippen molar-refractivity contribution in [3.63, 3.8) is 0 Å². The molecule has 0 aliphatic carbocycles. The Morgan fingerprint density at radius 2 is 2.47 bits per heavy atom. The number of ether oxygens (including phenoxy) is 1. The van der Waals surface area contributed by atoms with Gasteiger partial charge in [-0.3, -0.25) is 4.79 Å². The normalized spacial score (nSPS) is 12.1. The van der Waals surface area contributed by atoms with E-state index in [4.69, 9.17) is 9.84 Å². The van der Waals surface area contributed by atoms with Crippen LogP contribution in [0.1, 0.15) is 10.4 Å². The van der Waals surface area contributed by atoms with Crippen LogP contribution in [0.3, 0.4) is 0 Å². The van der Waals surface area contributed by atoms with Gasteiger partial charge in [-0.05, 0) is 6.07 Å². The highest BCUT2D eigenvalue weighted by Gasteiger charge is 2.12. The molecule has 1 amide bonds. The van der Waals surface area contributed by atoms with Crippen molar-refractivity contribution in [1.29, 1.82) is 0 Å². The van der Waals surface area contributed by atoms with Gasteiger partial charge >= 0.3 is 0 Å². The maximum absolute atomic E-state index is 11.5. The molecule has 1 heterocycles. The number of nitrogens with zero attached hydrogens (tertiary/aromatic N) is 2. The van der Waals surface area contributed by atoms with Crippen molar-refractivity contribution in [2.24, 2.45) is 0 Å². The molecule has 1 aromatic rings. The predicted molar refractivity (Wildman–Crippen MR) is 52.2 cm³/mol. The lowest BCUT2D eigenvalue weighted by atomic mass is 10.2. The molecule has 1 rings (SSSR count). The molecule has 0 aromatic carbocycles. The van der Waals surface area contributed by atoms with E-state index < -0.39 is 6.04 Å². The van der Waals surface area contributed by atoms with E-state index >= 15 is 0 Å². The molecule has 0 radical (unpaired) electrons. The van der Waals surface area contributed by atoms with E-state index in [9.17, 15) is 4.79 Å². The average molecular weight is 211 g/mol. The van der Waals surface area contributed by atoms with Gasteiger partial charge in [0, 0.05) is 7.11 Å². The summed E-state index contributed by atoms with van der Waals surface area (Å²) in [4.78, 5) is 11.5. The molecular weight excluding hydrogens is 198 g/mol. The van der Waals surface area contributed by atoms with Gasteiger partial charge in [-0.1, -0.05) is 0 Å². The van der Waals surface area contributed by atoms with Crippen LogP contribution in [-0.4, -0.2) is 47.6 Å². The summed E-state index contributed by atoms with van der Waals surface area (Å²) < 4.78 is 4.83. The van der Waals surface area contributed by atoms with Crippen LogP contribution in [-0.2, 0) is 4.74 Å². The van der Waals surface area contributed by atoms with Gasteiger partial charge in [0.1, 0.15) is 0 Å². The largest absolute Gasteiger partial charge is 0.394 e. The van der Waals surface area contributed by atoms with Gasteiger partial charge in [0.25, 0.3) is 5.91 Å². The van der Waals surface area contributed by atoms with Crippen LogP contribution in [0.15, 0.2) is 18.5 Å². The van der Waals surface area contributed by atoms with Crippen LogP contribution < -0.4 is 5.32 Å². The lowest BCUT2D eigenvalue weighted by molar-refractivity contribution is 0.0839. The highest BCUT2D eigenvalue weighted by Crippen LogP contribution is 1.95. The lowest BCUT2D eigenvalue weighted by Crippen LogP contribution is -2.40. The van der Waals surface area contributed by atoms with E-state index in [0.29, 0.717) is 5.56 Å². The average Bonchev–Trinajstić information content (AvgIpc) is 2.29. The first-order valence-electron chi connectivity index (χ1n) is 4.45. The van der Waals surface area contributed by atoms with Gasteiger partial charge in [-0.15, -0.1) is 0 Å². The Labute approximate surface area is 87.3 Å². The van der Waals surface area contributed by atoms with E-state index in [1.807, 2.05) is 0 Å². The quantitative estimate of drug-likeness (QED) is 0.667. The number of hydrogen-bond acceptors (Lipinski definition) is 5. The Balaban J connectivity index is 2.55. The highest BCUT2D eigenvalue weighted by atomic mass is 16.5. The van der Waals surface area contributed by atoms with Gasteiger partial charge in [-0.25, -0.2) is 0 Å². The zero-order valence-corrected chi connectivity index (χ0v) is 8.38.